The second-order valence-electron chi connectivity index (χ2n) is 5.76. The standard InChI is InChI=1S/C12H20N4O4S/c1-8(12(2,3)4)15-21(19,20)10-7-5-6-9(14-13)11(10)16(17)18/h5-8,14-15H,13H2,1-4H3. The van der Waals surface area contributed by atoms with Gasteiger partial charge in [0.1, 0.15) is 5.69 Å². The molecule has 1 rings (SSSR count). The van der Waals surface area contributed by atoms with E-state index in [9.17, 15) is 18.5 Å². The number of anilines is 1. The minimum absolute atomic E-state index is 0.0636. The van der Waals surface area contributed by atoms with Gasteiger partial charge in [-0.2, -0.15) is 0 Å². The van der Waals surface area contributed by atoms with Crippen LogP contribution in [-0.2, 0) is 10.0 Å². The third kappa shape index (κ3) is 3.90. The van der Waals surface area contributed by atoms with Gasteiger partial charge in [-0.25, -0.2) is 13.1 Å². The Kier molecular flexibility index (Phi) is 4.92. The molecule has 4 N–H and O–H groups in total. The van der Waals surface area contributed by atoms with Crippen LogP contribution in [0.1, 0.15) is 27.7 Å². The van der Waals surface area contributed by atoms with Crippen LogP contribution in [0.3, 0.4) is 0 Å². The monoisotopic (exact) mass is 316 g/mol. The number of sulfonamides is 1. The van der Waals surface area contributed by atoms with Crippen molar-refractivity contribution in [1.82, 2.24) is 4.72 Å². The molecule has 1 aromatic rings. The van der Waals surface area contributed by atoms with Crippen molar-refractivity contribution in [2.75, 3.05) is 5.43 Å². The first kappa shape index (κ1) is 17.3. The summed E-state index contributed by atoms with van der Waals surface area (Å²) in [6, 6.07) is 3.50. The molecule has 0 aromatic heterocycles. The molecule has 118 valence electrons. The SMILES string of the molecule is CC(NS(=O)(=O)c1cccc(NN)c1[N+](=O)[O-])C(C)(C)C. The fourth-order valence-electron chi connectivity index (χ4n) is 1.52. The molecule has 0 spiro atoms. The van der Waals surface area contributed by atoms with E-state index < -0.39 is 31.6 Å². The molecule has 0 saturated heterocycles. The first-order valence-electron chi connectivity index (χ1n) is 6.27. The topological polar surface area (TPSA) is 127 Å². The molecule has 0 saturated carbocycles. The molecular weight excluding hydrogens is 296 g/mol. The van der Waals surface area contributed by atoms with Crippen LogP contribution in [0, 0.1) is 15.5 Å². The van der Waals surface area contributed by atoms with Gasteiger partial charge < -0.3 is 5.43 Å². The summed E-state index contributed by atoms with van der Waals surface area (Å²) in [4.78, 5) is 9.96. The fourth-order valence-corrected chi connectivity index (χ4v) is 3.16. The van der Waals surface area contributed by atoms with Crippen LogP contribution in [0.2, 0.25) is 0 Å². The Morgan fingerprint density at radius 2 is 1.90 bits per heavy atom. The molecule has 0 aliphatic carbocycles. The van der Waals surface area contributed by atoms with Crippen LogP contribution in [-0.4, -0.2) is 19.4 Å². The Hall–Kier alpha value is -1.71. The summed E-state index contributed by atoms with van der Waals surface area (Å²) in [7, 11) is -4.04. The van der Waals surface area contributed by atoms with Gasteiger partial charge in [0.05, 0.1) is 4.92 Å². The Morgan fingerprint density at radius 3 is 2.33 bits per heavy atom. The molecule has 0 heterocycles. The predicted octanol–water partition coefficient (Wildman–Crippen LogP) is 1.59. The fraction of sp³-hybridized carbons (Fsp3) is 0.500. The zero-order valence-electron chi connectivity index (χ0n) is 12.4. The van der Waals surface area contributed by atoms with Crippen molar-refractivity contribution in [1.29, 1.82) is 0 Å². The Bertz CT molecular complexity index is 637. The van der Waals surface area contributed by atoms with Crippen LogP contribution in [0.25, 0.3) is 0 Å². The van der Waals surface area contributed by atoms with Gasteiger partial charge in [0.25, 0.3) is 0 Å². The molecule has 1 atom stereocenters. The van der Waals surface area contributed by atoms with E-state index in [0.29, 0.717) is 0 Å². The maximum absolute atomic E-state index is 12.4. The van der Waals surface area contributed by atoms with E-state index in [1.165, 1.54) is 18.2 Å². The molecule has 1 aromatic carbocycles. The summed E-state index contributed by atoms with van der Waals surface area (Å²) >= 11 is 0. The van der Waals surface area contributed by atoms with Gasteiger partial charge in [0, 0.05) is 6.04 Å². The van der Waals surface area contributed by atoms with Crippen LogP contribution >= 0.6 is 0 Å². The number of para-hydroxylation sites is 1. The third-order valence-corrected chi connectivity index (χ3v) is 4.83. The molecule has 0 fully saturated rings. The molecule has 0 amide bonds. The number of nitro benzene ring substituents is 1. The number of hydrogen-bond donors (Lipinski definition) is 3. The van der Waals surface area contributed by atoms with Crippen molar-refractivity contribution >= 4 is 21.4 Å². The Balaban J connectivity index is 3.36. The number of nitrogens with two attached hydrogens (primary N) is 1. The largest absolute Gasteiger partial charge is 0.318 e. The molecular formula is C12H20N4O4S. The zero-order chi connectivity index (χ0) is 16.4. The number of nitrogens with zero attached hydrogens (tertiary/aromatic N) is 1. The second-order valence-corrected chi connectivity index (χ2v) is 7.45. The molecule has 8 nitrogen and oxygen atoms in total. The number of nitrogens with one attached hydrogen (secondary N) is 2. The van der Waals surface area contributed by atoms with E-state index in [2.05, 4.69) is 10.1 Å². The summed E-state index contributed by atoms with van der Waals surface area (Å²) in [5.74, 6) is 5.20. The molecule has 1 unspecified atom stereocenters. The lowest BCUT2D eigenvalue weighted by Gasteiger charge is -2.27. The number of benzene rings is 1. The number of hydrazine groups is 1. The smallest absolute Gasteiger partial charge is 0.313 e. The molecule has 0 bridgehead atoms. The maximum atomic E-state index is 12.4. The first-order valence-corrected chi connectivity index (χ1v) is 7.75. The highest BCUT2D eigenvalue weighted by atomic mass is 32.2. The average molecular weight is 316 g/mol. The van der Waals surface area contributed by atoms with Gasteiger partial charge in [-0.15, -0.1) is 0 Å². The van der Waals surface area contributed by atoms with Crippen molar-refractivity contribution in [3.05, 3.63) is 28.3 Å². The Morgan fingerprint density at radius 1 is 1.33 bits per heavy atom. The van der Waals surface area contributed by atoms with Gasteiger partial charge in [0.2, 0.25) is 10.0 Å². The molecule has 9 heteroatoms. The van der Waals surface area contributed by atoms with Crippen LogP contribution in [0.4, 0.5) is 11.4 Å². The molecule has 0 radical (unpaired) electrons. The number of hydrogen-bond acceptors (Lipinski definition) is 6. The summed E-state index contributed by atoms with van der Waals surface area (Å²) in [5.41, 5.74) is 1.17. The molecule has 0 aliphatic heterocycles. The van der Waals surface area contributed by atoms with Crippen LogP contribution in [0.5, 0.6) is 0 Å². The summed E-state index contributed by atoms with van der Waals surface area (Å²) in [6.07, 6.45) is 0. The quantitative estimate of drug-likeness (QED) is 0.430. The van der Waals surface area contributed by atoms with E-state index in [1.807, 2.05) is 20.8 Å². The lowest BCUT2D eigenvalue weighted by molar-refractivity contribution is -0.386. The van der Waals surface area contributed by atoms with Gasteiger partial charge in [-0.3, -0.25) is 16.0 Å². The summed E-state index contributed by atoms with van der Waals surface area (Å²) < 4.78 is 27.3. The number of nitro groups is 1. The van der Waals surface area contributed by atoms with E-state index in [0.717, 1.165) is 0 Å². The van der Waals surface area contributed by atoms with Crippen LogP contribution < -0.4 is 16.0 Å². The minimum atomic E-state index is -4.04. The molecule has 0 aliphatic rings. The lowest BCUT2D eigenvalue weighted by atomic mass is 9.89. The average Bonchev–Trinajstić information content (AvgIpc) is 2.35. The zero-order valence-corrected chi connectivity index (χ0v) is 13.2. The molecule has 21 heavy (non-hydrogen) atoms. The van der Waals surface area contributed by atoms with Crippen molar-refractivity contribution < 1.29 is 13.3 Å². The van der Waals surface area contributed by atoms with Gasteiger partial charge in [-0.05, 0) is 24.5 Å². The second kappa shape index (κ2) is 5.96. The van der Waals surface area contributed by atoms with Gasteiger partial charge >= 0.3 is 5.69 Å². The van der Waals surface area contributed by atoms with Crippen molar-refractivity contribution in [2.45, 2.75) is 38.6 Å². The predicted molar refractivity (Wildman–Crippen MR) is 80.1 cm³/mol. The van der Waals surface area contributed by atoms with E-state index in [4.69, 9.17) is 5.84 Å². The van der Waals surface area contributed by atoms with E-state index in [-0.39, 0.29) is 11.1 Å². The number of nitrogen functional groups attached to an aromatic ring is 1. The van der Waals surface area contributed by atoms with E-state index >= 15 is 0 Å². The summed E-state index contributed by atoms with van der Waals surface area (Å²) in [5, 5.41) is 11.1. The van der Waals surface area contributed by atoms with Gasteiger partial charge in [0.15, 0.2) is 4.90 Å². The number of rotatable bonds is 5. The highest BCUT2D eigenvalue weighted by Gasteiger charge is 2.32. The third-order valence-electron chi connectivity index (χ3n) is 3.26. The summed E-state index contributed by atoms with van der Waals surface area (Å²) in [6.45, 7) is 7.31. The highest BCUT2D eigenvalue weighted by molar-refractivity contribution is 7.89. The van der Waals surface area contributed by atoms with Crippen molar-refractivity contribution in [3.8, 4) is 0 Å². The van der Waals surface area contributed by atoms with E-state index in [1.54, 1.807) is 6.92 Å². The highest BCUT2D eigenvalue weighted by Crippen LogP contribution is 2.32. The maximum Gasteiger partial charge on any atom is 0.313 e. The first-order chi connectivity index (χ1) is 9.50. The van der Waals surface area contributed by atoms with Crippen molar-refractivity contribution in [2.24, 2.45) is 11.3 Å². The van der Waals surface area contributed by atoms with Crippen molar-refractivity contribution in [3.63, 3.8) is 0 Å². The normalized spacial score (nSPS) is 13.8. The van der Waals surface area contributed by atoms with Crippen LogP contribution in [0.15, 0.2) is 23.1 Å². The Labute approximate surface area is 123 Å². The minimum Gasteiger partial charge on any atom is -0.318 e. The van der Waals surface area contributed by atoms with Gasteiger partial charge in [-0.1, -0.05) is 26.8 Å². The lowest BCUT2D eigenvalue weighted by Crippen LogP contribution is -2.41.